The normalized spacial score (nSPS) is 10.7. The fourth-order valence-electron chi connectivity index (χ4n) is 3.25. The van der Waals surface area contributed by atoms with Gasteiger partial charge in [-0.2, -0.15) is 10.4 Å². The van der Waals surface area contributed by atoms with Gasteiger partial charge in [-0.25, -0.2) is 0 Å². The van der Waals surface area contributed by atoms with Crippen LogP contribution in [0.2, 0.25) is 0 Å². The van der Waals surface area contributed by atoms with E-state index in [1.807, 2.05) is 43.9 Å². The Labute approximate surface area is 189 Å². The van der Waals surface area contributed by atoms with Crippen molar-refractivity contribution in [2.75, 3.05) is 11.1 Å². The zero-order valence-corrected chi connectivity index (χ0v) is 18.7. The smallest absolute Gasteiger partial charge is 0.234 e. The SMILES string of the molecule is Cc1ccc(-c2nn(C)cc2-c2nnc(SCC(=O)Nc3cccc(C#N)c3)n2C)cc1. The van der Waals surface area contributed by atoms with Crippen molar-refractivity contribution < 1.29 is 4.79 Å². The molecular formula is C23H21N7OS. The maximum absolute atomic E-state index is 12.4. The van der Waals surface area contributed by atoms with E-state index < -0.39 is 0 Å². The van der Waals surface area contributed by atoms with Gasteiger partial charge in [-0.1, -0.05) is 47.7 Å². The second-order valence-electron chi connectivity index (χ2n) is 7.33. The first-order valence-electron chi connectivity index (χ1n) is 9.88. The van der Waals surface area contributed by atoms with Gasteiger partial charge in [0.15, 0.2) is 11.0 Å². The van der Waals surface area contributed by atoms with Crippen molar-refractivity contribution in [3.05, 3.63) is 65.9 Å². The Hall–Kier alpha value is -3.90. The number of carbonyl (C=O) groups is 1. The Morgan fingerprint density at radius 2 is 1.94 bits per heavy atom. The lowest BCUT2D eigenvalue weighted by atomic mass is 10.1. The third kappa shape index (κ3) is 4.55. The summed E-state index contributed by atoms with van der Waals surface area (Å²) in [6, 6.07) is 17.1. The lowest BCUT2D eigenvalue weighted by molar-refractivity contribution is -0.113. The van der Waals surface area contributed by atoms with Crippen LogP contribution in [0.5, 0.6) is 0 Å². The van der Waals surface area contributed by atoms with Crippen molar-refractivity contribution in [3.63, 3.8) is 0 Å². The van der Waals surface area contributed by atoms with Crippen LogP contribution in [0.15, 0.2) is 59.9 Å². The first-order chi connectivity index (χ1) is 15.4. The maximum Gasteiger partial charge on any atom is 0.234 e. The van der Waals surface area contributed by atoms with Crippen molar-refractivity contribution >= 4 is 23.4 Å². The van der Waals surface area contributed by atoms with E-state index >= 15 is 0 Å². The number of rotatable bonds is 6. The third-order valence-corrected chi connectivity index (χ3v) is 5.86. The Morgan fingerprint density at radius 1 is 1.16 bits per heavy atom. The van der Waals surface area contributed by atoms with Gasteiger partial charge in [0, 0.05) is 31.5 Å². The van der Waals surface area contributed by atoms with Gasteiger partial charge < -0.3 is 9.88 Å². The molecule has 0 aliphatic rings. The summed E-state index contributed by atoms with van der Waals surface area (Å²) < 4.78 is 3.62. The summed E-state index contributed by atoms with van der Waals surface area (Å²) in [7, 11) is 3.75. The van der Waals surface area contributed by atoms with E-state index in [0.717, 1.165) is 16.8 Å². The molecule has 0 atom stereocenters. The van der Waals surface area contributed by atoms with Crippen molar-refractivity contribution in [1.82, 2.24) is 24.5 Å². The van der Waals surface area contributed by atoms with Crippen molar-refractivity contribution in [1.29, 1.82) is 5.26 Å². The van der Waals surface area contributed by atoms with Crippen molar-refractivity contribution in [3.8, 4) is 28.7 Å². The number of aryl methyl sites for hydroxylation is 2. The summed E-state index contributed by atoms with van der Waals surface area (Å²) >= 11 is 1.30. The summed E-state index contributed by atoms with van der Waals surface area (Å²) in [4.78, 5) is 12.4. The number of nitrogens with one attached hydrogen (secondary N) is 1. The van der Waals surface area contributed by atoms with Gasteiger partial charge in [0.25, 0.3) is 0 Å². The molecule has 0 saturated heterocycles. The second-order valence-corrected chi connectivity index (χ2v) is 8.27. The van der Waals surface area contributed by atoms with Crippen LogP contribution in [0.3, 0.4) is 0 Å². The molecule has 0 spiro atoms. The Balaban J connectivity index is 1.50. The molecule has 8 nitrogen and oxygen atoms in total. The maximum atomic E-state index is 12.4. The monoisotopic (exact) mass is 443 g/mol. The minimum atomic E-state index is -0.184. The molecule has 0 aliphatic carbocycles. The molecule has 32 heavy (non-hydrogen) atoms. The zero-order valence-electron chi connectivity index (χ0n) is 17.9. The summed E-state index contributed by atoms with van der Waals surface area (Å²) in [6.07, 6.45) is 1.92. The highest BCUT2D eigenvalue weighted by molar-refractivity contribution is 7.99. The summed E-state index contributed by atoms with van der Waals surface area (Å²) in [5, 5.41) is 25.7. The van der Waals surface area contributed by atoms with Gasteiger partial charge in [-0.15, -0.1) is 10.2 Å². The quantitative estimate of drug-likeness (QED) is 0.455. The topological polar surface area (TPSA) is 101 Å². The molecule has 4 rings (SSSR count). The van der Waals surface area contributed by atoms with Gasteiger partial charge in [0.2, 0.25) is 5.91 Å². The van der Waals surface area contributed by atoms with Crippen LogP contribution in [-0.2, 0) is 18.9 Å². The predicted molar refractivity (Wildman–Crippen MR) is 124 cm³/mol. The molecule has 0 fully saturated rings. The highest BCUT2D eigenvalue weighted by Gasteiger charge is 2.19. The summed E-state index contributed by atoms with van der Waals surface area (Å²) in [5.41, 5.74) is 4.97. The second kappa shape index (κ2) is 9.08. The highest BCUT2D eigenvalue weighted by atomic mass is 32.2. The molecule has 0 aliphatic heterocycles. The molecule has 1 amide bonds. The number of amides is 1. The van der Waals surface area contributed by atoms with E-state index in [2.05, 4.69) is 38.8 Å². The van der Waals surface area contributed by atoms with Crippen LogP contribution in [0.25, 0.3) is 22.6 Å². The number of hydrogen-bond acceptors (Lipinski definition) is 6. The van der Waals surface area contributed by atoms with Crippen LogP contribution in [0.1, 0.15) is 11.1 Å². The van der Waals surface area contributed by atoms with Crippen LogP contribution < -0.4 is 5.32 Å². The lowest BCUT2D eigenvalue weighted by Crippen LogP contribution is -2.14. The number of aromatic nitrogens is 5. The first kappa shape index (κ1) is 21.3. The number of nitrogens with zero attached hydrogens (tertiary/aromatic N) is 6. The number of nitriles is 1. The van der Waals surface area contributed by atoms with E-state index in [1.165, 1.54) is 17.3 Å². The summed E-state index contributed by atoms with van der Waals surface area (Å²) in [6.45, 7) is 2.05. The number of benzene rings is 2. The van der Waals surface area contributed by atoms with Gasteiger partial charge in [-0.3, -0.25) is 9.48 Å². The first-order valence-corrected chi connectivity index (χ1v) is 10.9. The van der Waals surface area contributed by atoms with Crippen LogP contribution >= 0.6 is 11.8 Å². The fourth-order valence-corrected chi connectivity index (χ4v) is 3.96. The van der Waals surface area contributed by atoms with Crippen LogP contribution in [0, 0.1) is 18.3 Å². The number of hydrogen-bond donors (Lipinski definition) is 1. The zero-order chi connectivity index (χ0) is 22.7. The molecule has 0 saturated carbocycles. The van der Waals surface area contributed by atoms with E-state index in [9.17, 15) is 4.79 Å². The molecule has 2 aromatic carbocycles. The fraction of sp³-hybridized carbons (Fsp3) is 0.174. The Kier molecular flexibility index (Phi) is 6.05. The summed E-state index contributed by atoms with van der Waals surface area (Å²) in [5.74, 6) is 0.662. The van der Waals surface area contributed by atoms with Gasteiger partial charge in [0.1, 0.15) is 5.69 Å². The highest BCUT2D eigenvalue weighted by Crippen LogP contribution is 2.31. The molecule has 1 N–H and O–H groups in total. The molecule has 160 valence electrons. The molecule has 2 aromatic heterocycles. The van der Waals surface area contributed by atoms with Gasteiger partial charge >= 0.3 is 0 Å². The molecule has 4 aromatic rings. The number of carbonyl (C=O) groups excluding carboxylic acids is 1. The molecule has 9 heteroatoms. The standard InChI is InChI=1S/C23H21N7OS/c1-15-7-9-17(10-8-15)21-19(13-29(2)28-21)22-26-27-23(30(22)3)32-14-20(31)25-18-6-4-5-16(11-18)12-24/h4-11,13H,14H2,1-3H3,(H,25,31). The van der Waals surface area contributed by atoms with Crippen molar-refractivity contribution in [2.45, 2.75) is 12.1 Å². The molecule has 0 radical (unpaired) electrons. The van der Waals surface area contributed by atoms with E-state index in [4.69, 9.17) is 5.26 Å². The minimum absolute atomic E-state index is 0.167. The molecular weight excluding hydrogens is 422 g/mol. The Morgan fingerprint density at radius 3 is 2.69 bits per heavy atom. The number of thioether (sulfide) groups is 1. The van der Waals surface area contributed by atoms with Gasteiger partial charge in [-0.05, 0) is 25.1 Å². The largest absolute Gasteiger partial charge is 0.325 e. The lowest BCUT2D eigenvalue weighted by Gasteiger charge is -2.06. The molecule has 0 unspecified atom stereocenters. The minimum Gasteiger partial charge on any atom is -0.325 e. The number of anilines is 1. The van der Waals surface area contributed by atoms with Gasteiger partial charge in [0.05, 0.1) is 22.9 Å². The average Bonchev–Trinajstić information content (AvgIpc) is 3.35. The van der Waals surface area contributed by atoms with Crippen molar-refractivity contribution in [2.24, 2.45) is 14.1 Å². The Bertz CT molecular complexity index is 1320. The molecule has 2 heterocycles. The van der Waals surface area contributed by atoms with Crippen LogP contribution in [-0.4, -0.2) is 36.2 Å². The van der Waals surface area contributed by atoms with Crippen LogP contribution in [0.4, 0.5) is 5.69 Å². The predicted octanol–water partition coefficient (Wildman–Crippen LogP) is 3.79. The third-order valence-electron chi connectivity index (χ3n) is 4.84. The van der Waals surface area contributed by atoms with E-state index in [-0.39, 0.29) is 11.7 Å². The molecule has 0 bridgehead atoms. The average molecular weight is 444 g/mol. The van der Waals surface area contributed by atoms with E-state index in [1.54, 1.807) is 28.9 Å². The van der Waals surface area contributed by atoms with E-state index in [0.29, 0.717) is 22.2 Å².